The summed E-state index contributed by atoms with van der Waals surface area (Å²) in [5.74, 6) is 2.08. The number of carbonyl (C=O) groups excluding carboxylic acids is 4. The number of carbonyl (C=O) groups is 4. The topological polar surface area (TPSA) is 164 Å². The van der Waals surface area contributed by atoms with E-state index in [9.17, 15) is 19.2 Å². The van der Waals surface area contributed by atoms with E-state index >= 15 is 0 Å². The van der Waals surface area contributed by atoms with Crippen molar-refractivity contribution in [2.24, 2.45) is 0 Å². The summed E-state index contributed by atoms with van der Waals surface area (Å²) >= 11 is 5.40. The molecule has 0 bridgehead atoms. The van der Waals surface area contributed by atoms with Crippen molar-refractivity contribution in [1.29, 1.82) is 0 Å². The van der Waals surface area contributed by atoms with Crippen LogP contribution < -0.4 is 24.3 Å². The molecule has 6 rings (SSSR count). The third kappa shape index (κ3) is 20.2. The second kappa shape index (κ2) is 32.8. The van der Waals surface area contributed by atoms with E-state index in [-0.39, 0.29) is 44.2 Å². The smallest absolute Gasteiger partial charge is 0.410 e. The second-order valence-electron chi connectivity index (χ2n) is 17.4. The predicted molar refractivity (Wildman–Crippen MR) is 280 cm³/mol. The van der Waals surface area contributed by atoms with E-state index in [1.165, 1.54) is 0 Å². The van der Waals surface area contributed by atoms with Crippen LogP contribution >= 0.6 is 11.6 Å². The molecular weight excluding hydrogens is 944 g/mol. The largest absolute Gasteiger partial charge is 0.493 e. The molecule has 2 heterocycles. The number of hydrogen-bond acceptors (Lipinski definition) is 13. The summed E-state index contributed by atoms with van der Waals surface area (Å²) in [7, 11) is 6.39. The third-order valence-corrected chi connectivity index (χ3v) is 11.6. The number of nitrogens with one attached hydrogen (secondary N) is 1. The molecule has 2 unspecified atom stereocenters. The molecule has 3 amide bonds. The standard InChI is InChI=1S/C27H36N2O6.C15H22N2O2.C12H15ClO4.CH4/c1-20(2)29(23-13-14-28(18-23)27(31)35-19-21-9-6-5-7-10-21)26(30)22-11-12-24(33-4)25(17-22)34-16-8-15-32-3;1-12(2)16-14-8-9-17(10-14)15(18)19-11-13-6-4-3-5-7-13;1-15-6-3-7-17-11-8-9(12(13)14)4-5-10(11)16-2;/h5-7,9-12,17,20,23H,8,13-16,18-19H2,1-4H3;3-7,12,14,16H,8-11H2,1-2H3;4-5,8H,3,6-7H2,1-2H3;1H4. The van der Waals surface area contributed by atoms with Crippen LogP contribution in [0, 0.1) is 0 Å². The second-order valence-corrected chi connectivity index (χ2v) is 17.8. The molecule has 2 atom stereocenters. The number of likely N-dealkylation sites (tertiary alicyclic amines) is 2. The van der Waals surface area contributed by atoms with Gasteiger partial charge in [0.2, 0.25) is 0 Å². The van der Waals surface area contributed by atoms with Crippen LogP contribution in [0.15, 0.2) is 97.1 Å². The maximum absolute atomic E-state index is 13.6. The number of amides is 3. The van der Waals surface area contributed by atoms with E-state index in [2.05, 4.69) is 19.2 Å². The lowest BCUT2D eigenvalue weighted by molar-refractivity contribution is 0.0600. The van der Waals surface area contributed by atoms with Gasteiger partial charge in [0.1, 0.15) is 13.2 Å². The normalized spacial score (nSPS) is 14.8. The molecule has 17 heteroatoms. The summed E-state index contributed by atoms with van der Waals surface area (Å²) in [6.07, 6.45) is 2.62. The Labute approximate surface area is 432 Å². The highest BCUT2D eigenvalue weighted by atomic mass is 35.5. The molecule has 4 aromatic carbocycles. The Morgan fingerprint density at radius 1 is 0.625 bits per heavy atom. The van der Waals surface area contributed by atoms with Crippen LogP contribution in [-0.2, 0) is 32.2 Å². The molecule has 0 spiro atoms. The maximum atomic E-state index is 13.6. The average Bonchev–Trinajstić information content (AvgIpc) is 4.06. The van der Waals surface area contributed by atoms with Crippen molar-refractivity contribution in [2.75, 3.05) is 81.0 Å². The first kappa shape index (κ1) is 60.2. The van der Waals surface area contributed by atoms with Gasteiger partial charge in [0.15, 0.2) is 23.0 Å². The highest BCUT2D eigenvalue weighted by Gasteiger charge is 2.36. The molecule has 0 aliphatic carbocycles. The van der Waals surface area contributed by atoms with Gasteiger partial charge < -0.3 is 57.9 Å². The zero-order valence-corrected chi connectivity index (χ0v) is 43.3. The highest BCUT2D eigenvalue weighted by Crippen LogP contribution is 2.31. The zero-order chi connectivity index (χ0) is 51.5. The van der Waals surface area contributed by atoms with E-state index in [4.69, 9.17) is 49.5 Å². The molecule has 396 valence electrons. The van der Waals surface area contributed by atoms with Gasteiger partial charge in [-0.25, -0.2) is 9.59 Å². The van der Waals surface area contributed by atoms with Crippen LogP contribution in [0.2, 0.25) is 0 Å². The monoisotopic (exact) mass is 1020 g/mol. The minimum atomic E-state index is -0.519. The SMILES string of the molecule is C.CC(C)NC1CCN(C(=O)OCc2ccccc2)C1.COCCCOc1cc(C(=O)Cl)ccc1OC.COCCCOc1cc(C(=O)N(C(C)C)C2CCN(C(=O)OCc3ccccc3)C2)ccc1OC. The number of rotatable bonds is 22. The molecule has 4 aromatic rings. The van der Waals surface area contributed by atoms with Gasteiger partial charge in [0.05, 0.1) is 33.5 Å². The minimum Gasteiger partial charge on any atom is -0.493 e. The molecule has 2 saturated heterocycles. The molecule has 0 aromatic heterocycles. The third-order valence-electron chi connectivity index (χ3n) is 11.3. The first-order chi connectivity index (χ1) is 34.3. The van der Waals surface area contributed by atoms with E-state index in [1.54, 1.807) is 74.6 Å². The molecule has 16 nitrogen and oxygen atoms in total. The van der Waals surface area contributed by atoms with Crippen LogP contribution in [0.4, 0.5) is 9.59 Å². The summed E-state index contributed by atoms with van der Waals surface area (Å²) in [6.45, 7) is 13.5. The van der Waals surface area contributed by atoms with E-state index < -0.39 is 5.24 Å². The Bertz CT molecular complexity index is 2220. The van der Waals surface area contributed by atoms with Crippen molar-refractivity contribution in [3.05, 3.63) is 119 Å². The first-order valence-electron chi connectivity index (χ1n) is 24.1. The Morgan fingerprint density at radius 3 is 1.56 bits per heavy atom. The van der Waals surface area contributed by atoms with Crippen molar-refractivity contribution in [3.63, 3.8) is 0 Å². The molecule has 0 radical (unpaired) electrons. The van der Waals surface area contributed by atoms with Crippen molar-refractivity contribution in [3.8, 4) is 23.0 Å². The number of benzene rings is 4. The van der Waals surface area contributed by atoms with Crippen molar-refractivity contribution < 1.29 is 57.1 Å². The molecule has 2 fully saturated rings. The maximum Gasteiger partial charge on any atom is 0.410 e. The number of nitrogens with zero attached hydrogens (tertiary/aromatic N) is 3. The van der Waals surface area contributed by atoms with Crippen LogP contribution in [0.5, 0.6) is 23.0 Å². The molecule has 2 aliphatic heterocycles. The summed E-state index contributed by atoms with van der Waals surface area (Å²) in [4.78, 5) is 54.4. The van der Waals surface area contributed by atoms with Gasteiger partial charge >= 0.3 is 12.2 Å². The lowest BCUT2D eigenvalue weighted by Crippen LogP contribution is -2.46. The summed E-state index contributed by atoms with van der Waals surface area (Å²) in [6, 6.07) is 30.1. The minimum absolute atomic E-state index is 0. The molecular formula is C55H77ClN4O12. The predicted octanol–water partition coefficient (Wildman–Crippen LogP) is 9.89. The van der Waals surface area contributed by atoms with Gasteiger partial charge in [0.25, 0.3) is 11.1 Å². The van der Waals surface area contributed by atoms with Gasteiger partial charge in [0, 0.05) is 95.7 Å². The summed E-state index contributed by atoms with van der Waals surface area (Å²) in [5.41, 5.74) is 2.86. The molecule has 1 N–H and O–H groups in total. The fourth-order valence-electron chi connectivity index (χ4n) is 7.87. The fraction of sp³-hybridized carbons (Fsp3) is 0.491. The fourth-order valence-corrected chi connectivity index (χ4v) is 7.98. The van der Waals surface area contributed by atoms with E-state index in [1.807, 2.05) is 79.4 Å². The van der Waals surface area contributed by atoms with Crippen molar-refractivity contribution in [2.45, 2.75) is 98.2 Å². The van der Waals surface area contributed by atoms with E-state index in [0.29, 0.717) is 98.8 Å². The molecule has 2 aliphatic rings. The summed E-state index contributed by atoms with van der Waals surface area (Å²) in [5, 5.41) is 2.93. The quantitative estimate of drug-likeness (QED) is 0.0585. The number of ether oxygens (including phenoxy) is 8. The Morgan fingerprint density at radius 2 is 1.10 bits per heavy atom. The van der Waals surface area contributed by atoms with Crippen LogP contribution in [0.25, 0.3) is 0 Å². The van der Waals surface area contributed by atoms with Gasteiger partial charge in [-0.1, -0.05) is 81.9 Å². The highest BCUT2D eigenvalue weighted by molar-refractivity contribution is 6.67. The van der Waals surface area contributed by atoms with Gasteiger partial charge in [-0.15, -0.1) is 0 Å². The zero-order valence-electron chi connectivity index (χ0n) is 42.6. The van der Waals surface area contributed by atoms with Gasteiger partial charge in [-0.05, 0) is 85.8 Å². The Balaban J connectivity index is 0.000000312. The van der Waals surface area contributed by atoms with Crippen LogP contribution in [-0.4, -0.2) is 143 Å². The number of hydrogen-bond donors (Lipinski definition) is 1. The van der Waals surface area contributed by atoms with Crippen LogP contribution in [0.1, 0.15) is 92.6 Å². The summed E-state index contributed by atoms with van der Waals surface area (Å²) < 4.78 is 42.7. The number of methoxy groups -OCH3 is 4. The molecule has 72 heavy (non-hydrogen) atoms. The Kier molecular flexibility index (Phi) is 27.5. The number of halogens is 1. The lowest BCUT2D eigenvalue weighted by Gasteiger charge is -2.33. The molecule has 0 saturated carbocycles. The van der Waals surface area contributed by atoms with Crippen LogP contribution in [0.3, 0.4) is 0 Å². The van der Waals surface area contributed by atoms with Crippen molar-refractivity contribution in [1.82, 2.24) is 20.0 Å². The average molecular weight is 1020 g/mol. The Hall–Kier alpha value is -6.07. The van der Waals surface area contributed by atoms with Gasteiger partial charge in [-0.2, -0.15) is 0 Å². The lowest BCUT2D eigenvalue weighted by atomic mass is 10.1. The first-order valence-corrected chi connectivity index (χ1v) is 24.4. The van der Waals surface area contributed by atoms with Crippen molar-refractivity contribution >= 4 is 34.9 Å². The van der Waals surface area contributed by atoms with Gasteiger partial charge in [-0.3, -0.25) is 9.59 Å². The van der Waals surface area contributed by atoms with E-state index in [0.717, 1.165) is 43.5 Å².